The van der Waals surface area contributed by atoms with Crippen LogP contribution in [-0.4, -0.2) is 53.4 Å². The number of anilines is 1. The minimum Gasteiger partial charge on any atom is -0.325 e. The second-order valence-electron chi connectivity index (χ2n) is 7.52. The van der Waals surface area contributed by atoms with Crippen molar-refractivity contribution in [3.63, 3.8) is 0 Å². The smallest absolute Gasteiger partial charge is 0.241 e. The van der Waals surface area contributed by atoms with E-state index in [1.807, 2.05) is 41.9 Å². The Morgan fingerprint density at radius 3 is 2.87 bits per heavy atom. The summed E-state index contributed by atoms with van der Waals surface area (Å²) in [4.78, 5) is 15.3. The number of rotatable bonds is 7. The largest absolute Gasteiger partial charge is 0.325 e. The van der Waals surface area contributed by atoms with E-state index < -0.39 is 0 Å². The molecule has 1 aliphatic heterocycles. The molecule has 0 spiro atoms. The molecule has 9 heteroatoms. The normalized spacial score (nSPS) is 17.0. The van der Waals surface area contributed by atoms with Crippen LogP contribution < -0.4 is 5.32 Å². The first-order valence-electron chi connectivity index (χ1n) is 10.2. The molecule has 3 aromatic rings. The van der Waals surface area contributed by atoms with E-state index in [-0.39, 0.29) is 11.9 Å². The summed E-state index contributed by atoms with van der Waals surface area (Å²) < 4.78 is 3.46. The number of aromatic nitrogens is 6. The number of hydrogen-bond donors (Lipinski definition) is 1. The highest BCUT2D eigenvalue weighted by molar-refractivity contribution is 5.95. The van der Waals surface area contributed by atoms with Gasteiger partial charge in [0.15, 0.2) is 0 Å². The monoisotopic (exact) mass is 406 g/mol. The predicted molar refractivity (Wildman–Crippen MR) is 113 cm³/mol. The van der Waals surface area contributed by atoms with Gasteiger partial charge in [-0.25, -0.2) is 4.68 Å². The van der Waals surface area contributed by atoms with E-state index in [4.69, 9.17) is 0 Å². The number of allylic oxidation sites excluding steroid dienone is 1. The standard InChI is InChI=1S/C21H26N8O/c1-3-11-28-14-17(16(2)24-28)13-27-12-5-4-6-20(27)21(30)23-18-7-9-19(10-8-18)29-15-22-25-26-29/h3,7-10,14-15,20H,1,4-6,11-13H2,2H3,(H,23,30)/t20-/m1/s1. The van der Waals surface area contributed by atoms with Crippen LogP contribution in [-0.2, 0) is 17.9 Å². The summed E-state index contributed by atoms with van der Waals surface area (Å²) in [5.74, 6) is 0.0287. The average Bonchev–Trinajstić information content (AvgIpc) is 3.40. The van der Waals surface area contributed by atoms with Gasteiger partial charge in [0.05, 0.1) is 24.0 Å². The van der Waals surface area contributed by atoms with Crippen LogP contribution in [0.3, 0.4) is 0 Å². The molecule has 0 unspecified atom stereocenters. The summed E-state index contributed by atoms with van der Waals surface area (Å²) in [6.45, 7) is 8.10. The molecule has 1 aromatic carbocycles. The van der Waals surface area contributed by atoms with Crippen LogP contribution in [0.1, 0.15) is 30.5 Å². The van der Waals surface area contributed by atoms with Crippen LogP contribution in [0.5, 0.6) is 0 Å². The van der Waals surface area contributed by atoms with Gasteiger partial charge in [-0.3, -0.25) is 14.4 Å². The fourth-order valence-corrected chi connectivity index (χ4v) is 3.84. The number of carbonyl (C=O) groups excluding carboxylic acids is 1. The van der Waals surface area contributed by atoms with Crippen LogP contribution in [0.15, 0.2) is 49.4 Å². The van der Waals surface area contributed by atoms with E-state index in [0.717, 1.165) is 55.0 Å². The Labute approximate surface area is 175 Å². The SMILES string of the molecule is C=CCn1cc(CN2CCCC[C@@H]2C(=O)Nc2ccc(-n3cnnn3)cc2)c(C)n1. The topological polar surface area (TPSA) is 93.8 Å². The van der Waals surface area contributed by atoms with Gasteiger partial charge in [0.1, 0.15) is 6.33 Å². The van der Waals surface area contributed by atoms with Gasteiger partial charge in [0.2, 0.25) is 5.91 Å². The van der Waals surface area contributed by atoms with Crippen molar-refractivity contribution in [2.45, 2.75) is 45.3 Å². The van der Waals surface area contributed by atoms with E-state index in [1.54, 1.807) is 4.68 Å². The fraction of sp³-hybridized carbons (Fsp3) is 0.381. The molecule has 1 atom stereocenters. The lowest BCUT2D eigenvalue weighted by molar-refractivity contribution is -0.122. The maximum absolute atomic E-state index is 13.0. The Morgan fingerprint density at radius 1 is 1.30 bits per heavy atom. The summed E-state index contributed by atoms with van der Waals surface area (Å²) in [7, 11) is 0. The quantitative estimate of drug-likeness (QED) is 0.606. The van der Waals surface area contributed by atoms with Gasteiger partial charge in [-0.05, 0) is 61.0 Å². The lowest BCUT2D eigenvalue weighted by atomic mass is 10.0. The molecule has 1 amide bonds. The van der Waals surface area contributed by atoms with Gasteiger partial charge in [-0.2, -0.15) is 5.10 Å². The third-order valence-electron chi connectivity index (χ3n) is 5.40. The van der Waals surface area contributed by atoms with Crippen molar-refractivity contribution in [2.75, 3.05) is 11.9 Å². The molecule has 9 nitrogen and oxygen atoms in total. The van der Waals surface area contributed by atoms with E-state index in [2.05, 4.69) is 43.6 Å². The summed E-state index contributed by atoms with van der Waals surface area (Å²) in [6.07, 6.45) is 8.43. The number of carbonyl (C=O) groups is 1. The molecule has 4 rings (SSSR count). The molecule has 0 radical (unpaired) electrons. The van der Waals surface area contributed by atoms with Crippen LogP contribution in [0.2, 0.25) is 0 Å². The van der Waals surface area contributed by atoms with Gasteiger partial charge >= 0.3 is 0 Å². The van der Waals surface area contributed by atoms with E-state index in [1.165, 1.54) is 6.33 Å². The molecule has 0 saturated carbocycles. The van der Waals surface area contributed by atoms with Crippen LogP contribution in [0.25, 0.3) is 5.69 Å². The first-order chi connectivity index (χ1) is 14.6. The lowest BCUT2D eigenvalue weighted by Gasteiger charge is -2.34. The summed E-state index contributed by atoms with van der Waals surface area (Å²) >= 11 is 0. The Bertz CT molecular complexity index is 993. The number of hydrogen-bond acceptors (Lipinski definition) is 6. The lowest BCUT2D eigenvalue weighted by Crippen LogP contribution is -2.46. The molecular weight excluding hydrogens is 380 g/mol. The molecule has 2 aromatic heterocycles. The van der Waals surface area contributed by atoms with Crippen molar-refractivity contribution in [1.82, 2.24) is 34.9 Å². The highest BCUT2D eigenvalue weighted by Crippen LogP contribution is 2.22. The van der Waals surface area contributed by atoms with Crippen molar-refractivity contribution >= 4 is 11.6 Å². The zero-order valence-electron chi connectivity index (χ0n) is 17.1. The number of benzene rings is 1. The zero-order valence-corrected chi connectivity index (χ0v) is 17.1. The summed E-state index contributed by atoms with van der Waals surface area (Å²) in [5, 5.41) is 18.7. The third kappa shape index (κ3) is 4.46. The molecular formula is C21H26N8O. The zero-order chi connectivity index (χ0) is 20.9. The van der Waals surface area contributed by atoms with Crippen molar-refractivity contribution in [3.8, 4) is 5.69 Å². The minimum atomic E-state index is -0.153. The van der Waals surface area contributed by atoms with E-state index >= 15 is 0 Å². The molecule has 1 aliphatic rings. The van der Waals surface area contributed by atoms with Crippen LogP contribution >= 0.6 is 0 Å². The van der Waals surface area contributed by atoms with Gasteiger partial charge in [0, 0.05) is 24.0 Å². The van der Waals surface area contributed by atoms with Gasteiger partial charge in [-0.1, -0.05) is 12.5 Å². The molecule has 156 valence electrons. The molecule has 1 N–H and O–H groups in total. The molecule has 30 heavy (non-hydrogen) atoms. The molecule has 0 bridgehead atoms. The Balaban J connectivity index is 1.43. The number of likely N-dealkylation sites (tertiary alicyclic amines) is 1. The predicted octanol–water partition coefficient (Wildman–Crippen LogP) is 2.35. The maximum atomic E-state index is 13.0. The third-order valence-corrected chi connectivity index (χ3v) is 5.40. The Kier molecular flexibility index (Phi) is 5.99. The number of tetrazole rings is 1. The fourth-order valence-electron chi connectivity index (χ4n) is 3.84. The number of nitrogens with zero attached hydrogens (tertiary/aromatic N) is 7. The molecule has 1 fully saturated rings. The van der Waals surface area contributed by atoms with E-state index in [0.29, 0.717) is 6.54 Å². The first kappa shape index (κ1) is 20.0. The molecule has 0 aliphatic carbocycles. The van der Waals surface area contributed by atoms with Gasteiger partial charge in [0.25, 0.3) is 0 Å². The number of nitrogens with one attached hydrogen (secondary N) is 1. The highest BCUT2D eigenvalue weighted by atomic mass is 16.2. The second-order valence-corrected chi connectivity index (χ2v) is 7.52. The number of piperidine rings is 1. The number of amides is 1. The van der Waals surface area contributed by atoms with Crippen molar-refractivity contribution in [3.05, 3.63) is 60.7 Å². The average molecular weight is 406 g/mol. The van der Waals surface area contributed by atoms with Crippen LogP contribution in [0, 0.1) is 6.92 Å². The number of aryl methyl sites for hydroxylation is 1. The van der Waals surface area contributed by atoms with Gasteiger partial charge in [-0.15, -0.1) is 11.7 Å². The summed E-state index contributed by atoms with van der Waals surface area (Å²) in [5.41, 5.74) is 3.75. The Hall–Kier alpha value is -3.33. The van der Waals surface area contributed by atoms with Crippen LogP contribution in [0.4, 0.5) is 5.69 Å². The highest BCUT2D eigenvalue weighted by Gasteiger charge is 2.29. The van der Waals surface area contributed by atoms with Crippen molar-refractivity contribution in [1.29, 1.82) is 0 Å². The first-order valence-corrected chi connectivity index (χ1v) is 10.2. The van der Waals surface area contributed by atoms with Crippen molar-refractivity contribution < 1.29 is 4.79 Å². The maximum Gasteiger partial charge on any atom is 0.241 e. The Morgan fingerprint density at radius 2 is 2.13 bits per heavy atom. The van der Waals surface area contributed by atoms with Crippen molar-refractivity contribution in [2.24, 2.45) is 0 Å². The minimum absolute atomic E-state index is 0.0287. The van der Waals surface area contributed by atoms with Gasteiger partial charge < -0.3 is 5.32 Å². The second kappa shape index (κ2) is 9.00. The molecule has 1 saturated heterocycles. The van der Waals surface area contributed by atoms with E-state index in [9.17, 15) is 4.79 Å². The summed E-state index contributed by atoms with van der Waals surface area (Å²) in [6, 6.07) is 7.33. The molecule has 3 heterocycles.